The SMILES string of the molecule is CCNC(=NCC(C)CN1CCN(C)CC1)N1CCC(C)CC1.I. The van der Waals surface area contributed by atoms with Gasteiger partial charge in [-0.3, -0.25) is 4.99 Å². The lowest BCUT2D eigenvalue weighted by atomic mass is 9.99. The molecule has 142 valence electrons. The van der Waals surface area contributed by atoms with Crippen LogP contribution in [-0.2, 0) is 0 Å². The standard InChI is InChI=1S/C18H37N5.HI/c1-5-19-18(23-8-6-16(2)7-9-23)20-14-17(3)15-22-12-10-21(4)11-13-22;/h16-17H,5-15H2,1-4H3,(H,19,20);1H. The molecule has 2 heterocycles. The van der Waals surface area contributed by atoms with Crippen molar-refractivity contribution in [3.8, 4) is 0 Å². The minimum atomic E-state index is 0. The number of piperazine rings is 1. The zero-order valence-electron chi connectivity index (χ0n) is 16.1. The molecule has 0 aromatic heterocycles. The number of hydrogen-bond acceptors (Lipinski definition) is 3. The van der Waals surface area contributed by atoms with Gasteiger partial charge in [0.25, 0.3) is 0 Å². The van der Waals surface area contributed by atoms with E-state index in [1.54, 1.807) is 0 Å². The van der Waals surface area contributed by atoms with E-state index in [1.807, 2.05) is 0 Å². The molecule has 0 radical (unpaired) electrons. The molecule has 0 aromatic carbocycles. The number of rotatable bonds is 5. The number of hydrogen-bond donors (Lipinski definition) is 1. The molecule has 0 aliphatic carbocycles. The van der Waals surface area contributed by atoms with Gasteiger partial charge in [0.15, 0.2) is 5.96 Å². The van der Waals surface area contributed by atoms with Crippen molar-refractivity contribution in [2.24, 2.45) is 16.8 Å². The van der Waals surface area contributed by atoms with E-state index < -0.39 is 0 Å². The number of likely N-dealkylation sites (N-methyl/N-ethyl adjacent to an activating group) is 1. The molecule has 0 bridgehead atoms. The molecule has 0 saturated carbocycles. The Labute approximate surface area is 166 Å². The van der Waals surface area contributed by atoms with Crippen molar-refractivity contribution in [1.82, 2.24) is 20.0 Å². The van der Waals surface area contributed by atoms with Crippen LogP contribution in [0.15, 0.2) is 4.99 Å². The first-order valence-corrected chi connectivity index (χ1v) is 9.52. The number of halogens is 1. The molecule has 0 amide bonds. The Morgan fingerprint density at radius 1 is 1.12 bits per heavy atom. The summed E-state index contributed by atoms with van der Waals surface area (Å²) in [4.78, 5) is 12.4. The Kier molecular flexibility index (Phi) is 10.5. The topological polar surface area (TPSA) is 34.1 Å². The second-order valence-electron chi connectivity index (χ2n) is 7.57. The molecule has 0 aromatic rings. The molecule has 0 spiro atoms. The van der Waals surface area contributed by atoms with Crippen molar-refractivity contribution in [1.29, 1.82) is 0 Å². The number of likely N-dealkylation sites (tertiary alicyclic amines) is 1. The molecule has 24 heavy (non-hydrogen) atoms. The molecule has 2 aliphatic heterocycles. The fourth-order valence-corrected chi connectivity index (χ4v) is 3.42. The van der Waals surface area contributed by atoms with Crippen LogP contribution >= 0.6 is 24.0 Å². The summed E-state index contributed by atoms with van der Waals surface area (Å²) in [5, 5.41) is 3.49. The van der Waals surface area contributed by atoms with Gasteiger partial charge >= 0.3 is 0 Å². The van der Waals surface area contributed by atoms with E-state index in [0.29, 0.717) is 5.92 Å². The fraction of sp³-hybridized carbons (Fsp3) is 0.944. The van der Waals surface area contributed by atoms with E-state index in [9.17, 15) is 0 Å². The highest BCUT2D eigenvalue weighted by Crippen LogP contribution is 2.16. The first kappa shape index (κ1) is 22.0. The van der Waals surface area contributed by atoms with Crippen molar-refractivity contribution in [3.63, 3.8) is 0 Å². The molecule has 1 N–H and O–H groups in total. The number of piperidine rings is 1. The van der Waals surface area contributed by atoms with Gasteiger partial charge in [0, 0.05) is 58.9 Å². The summed E-state index contributed by atoms with van der Waals surface area (Å²) in [5.74, 6) is 2.62. The summed E-state index contributed by atoms with van der Waals surface area (Å²) in [7, 11) is 2.22. The quantitative estimate of drug-likeness (QED) is 0.395. The largest absolute Gasteiger partial charge is 0.357 e. The van der Waals surface area contributed by atoms with Crippen LogP contribution in [0.2, 0.25) is 0 Å². The molecule has 2 aliphatic rings. The minimum Gasteiger partial charge on any atom is -0.357 e. The zero-order chi connectivity index (χ0) is 16.7. The maximum atomic E-state index is 4.94. The average Bonchev–Trinajstić information content (AvgIpc) is 2.54. The highest BCUT2D eigenvalue weighted by atomic mass is 127. The van der Waals surface area contributed by atoms with Crippen molar-refractivity contribution in [2.45, 2.75) is 33.6 Å². The smallest absolute Gasteiger partial charge is 0.193 e. The van der Waals surface area contributed by atoms with Gasteiger partial charge in [0.05, 0.1) is 0 Å². The van der Waals surface area contributed by atoms with Crippen LogP contribution < -0.4 is 5.32 Å². The van der Waals surface area contributed by atoms with Gasteiger partial charge in [-0.25, -0.2) is 0 Å². The lowest BCUT2D eigenvalue weighted by molar-refractivity contribution is 0.140. The molecule has 1 unspecified atom stereocenters. The first-order valence-electron chi connectivity index (χ1n) is 9.52. The average molecular weight is 451 g/mol. The molecular formula is C18H38IN5. The number of nitrogens with zero attached hydrogens (tertiary/aromatic N) is 4. The van der Waals surface area contributed by atoms with Crippen molar-refractivity contribution in [2.75, 3.05) is 66.0 Å². The van der Waals surface area contributed by atoms with Crippen LogP contribution in [0.5, 0.6) is 0 Å². The number of aliphatic imine (C=N–C) groups is 1. The van der Waals surface area contributed by atoms with Crippen LogP contribution in [0.4, 0.5) is 0 Å². The van der Waals surface area contributed by atoms with E-state index in [2.05, 4.69) is 47.8 Å². The predicted octanol–water partition coefficient (Wildman–Crippen LogP) is 2.19. The summed E-state index contributed by atoms with van der Waals surface area (Å²) in [5.41, 5.74) is 0. The lowest BCUT2D eigenvalue weighted by Gasteiger charge is -2.34. The monoisotopic (exact) mass is 451 g/mol. The van der Waals surface area contributed by atoms with Crippen molar-refractivity contribution in [3.05, 3.63) is 0 Å². The third-order valence-corrected chi connectivity index (χ3v) is 5.14. The Hall–Kier alpha value is -0.0800. The van der Waals surface area contributed by atoms with Gasteiger partial charge < -0.3 is 20.0 Å². The van der Waals surface area contributed by atoms with Gasteiger partial charge in [-0.2, -0.15) is 0 Å². The van der Waals surface area contributed by atoms with Crippen LogP contribution in [0.25, 0.3) is 0 Å². The Morgan fingerprint density at radius 3 is 2.33 bits per heavy atom. The molecular weight excluding hydrogens is 413 g/mol. The molecule has 6 heteroatoms. The van der Waals surface area contributed by atoms with Crippen molar-refractivity contribution < 1.29 is 0 Å². The van der Waals surface area contributed by atoms with Crippen LogP contribution in [0, 0.1) is 11.8 Å². The maximum Gasteiger partial charge on any atom is 0.193 e. The summed E-state index contributed by atoms with van der Waals surface area (Å²) >= 11 is 0. The molecule has 5 nitrogen and oxygen atoms in total. The third-order valence-electron chi connectivity index (χ3n) is 5.14. The maximum absolute atomic E-state index is 4.94. The second-order valence-corrected chi connectivity index (χ2v) is 7.57. The molecule has 2 rings (SSSR count). The zero-order valence-corrected chi connectivity index (χ0v) is 18.5. The number of nitrogens with one attached hydrogen (secondary N) is 1. The van der Waals surface area contributed by atoms with Gasteiger partial charge in [-0.1, -0.05) is 13.8 Å². The summed E-state index contributed by atoms with van der Waals surface area (Å²) in [6, 6.07) is 0. The molecule has 2 saturated heterocycles. The van der Waals surface area contributed by atoms with Gasteiger partial charge in [0.1, 0.15) is 0 Å². The minimum absolute atomic E-state index is 0. The Balaban J connectivity index is 0.00000288. The normalized spacial score (nSPS) is 23.0. The third kappa shape index (κ3) is 7.44. The molecule has 1 atom stereocenters. The van der Waals surface area contributed by atoms with Crippen LogP contribution in [0.3, 0.4) is 0 Å². The number of guanidine groups is 1. The van der Waals surface area contributed by atoms with E-state index >= 15 is 0 Å². The summed E-state index contributed by atoms with van der Waals surface area (Å²) in [6.07, 6.45) is 2.59. The first-order chi connectivity index (χ1) is 11.1. The van der Waals surface area contributed by atoms with Crippen LogP contribution in [0.1, 0.15) is 33.6 Å². The fourth-order valence-electron chi connectivity index (χ4n) is 3.42. The van der Waals surface area contributed by atoms with E-state index in [0.717, 1.165) is 38.1 Å². The Morgan fingerprint density at radius 2 is 1.75 bits per heavy atom. The highest BCUT2D eigenvalue weighted by Gasteiger charge is 2.19. The molecule has 2 fully saturated rings. The van der Waals surface area contributed by atoms with E-state index in [4.69, 9.17) is 4.99 Å². The second kappa shape index (κ2) is 11.5. The summed E-state index contributed by atoms with van der Waals surface area (Å²) < 4.78 is 0. The van der Waals surface area contributed by atoms with E-state index in [-0.39, 0.29) is 24.0 Å². The van der Waals surface area contributed by atoms with Gasteiger partial charge in [-0.15, -0.1) is 24.0 Å². The summed E-state index contributed by atoms with van der Waals surface area (Å²) in [6.45, 7) is 17.0. The van der Waals surface area contributed by atoms with E-state index in [1.165, 1.54) is 45.6 Å². The van der Waals surface area contributed by atoms with Crippen LogP contribution in [-0.4, -0.2) is 86.6 Å². The predicted molar refractivity (Wildman–Crippen MR) is 114 cm³/mol. The highest BCUT2D eigenvalue weighted by molar-refractivity contribution is 14.0. The van der Waals surface area contributed by atoms with Gasteiger partial charge in [0.2, 0.25) is 0 Å². The lowest BCUT2D eigenvalue weighted by Crippen LogP contribution is -2.47. The van der Waals surface area contributed by atoms with Gasteiger partial charge in [-0.05, 0) is 38.6 Å². The van der Waals surface area contributed by atoms with Crippen molar-refractivity contribution >= 4 is 29.9 Å². The Bertz CT molecular complexity index is 360.